The normalized spacial score (nSPS) is 11.1. The van der Waals surface area contributed by atoms with Crippen molar-refractivity contribution in [2.24, 2.45) is 0 Å². The van der Waals surface area contributed by atoms with E-state index in [9.17, 15) is 19.7 Å². The Balaban J connectivity index is 1.78. The first kappa shape index (κ1) is 21.5. The molecule has 4 aromatic rings. The number of amides is 1. The number of carbonyl (C=O) groups excluding carboxylic acids is 1. The van der Waals surface area contributed by atoms with Crippen molar-refractivity contribution in [2.75, 3.05) is 5.32 Å². The van der Waals surface area contributed by atoms with Gasteiger partial charge in [-0.25, -0.2) is 4.39 Å². The second kappa shape index (κ2) is 9.21. The molecule has 0 saturated carbocycles. The van der Waals surface area contributed by atoms with Crippen molar-refractivity contribution in [3.63, 3.8) is 0 Å². The van der Waals surface area contributed by atoms with Gasteiger partial charge in [0.05, 0.1) is 17.3 Å². The summed E-state index contributed by atoms with van der Waals surface area (Å²) in [5, 5.41) is 22.5. The average Bonchev–Trinajstić information content (AvgIpc) is 3.10. The summed E-state index contributed by atoms with van der Waals surface area (Å²) in [6.45, 7) is 2.37. The molecule has 0 aliphatic heterocycles. The molecular weight excluding hydrogens is 415 g/mol. The van der Waals surface area contributed by atoms with Crippen LogP contribution in [0, 0.1) is 35.4 Å². The van der Waals surface area contributed by atoms with Gasteiger partial charge in [-0.3, -0.25) is 4.79 Å². The van der Waals surface area contributed by atoms with Crippen molar-refractivity contribution in [1.29, 1.82) is 10.5 Å². The minimum atomic E-state index is -0.686. The van der Waals surface area contributed by atoms with E-state index < -0.39 is 11.7 Å². The van der Waals surface area contributed by atoms with E-state index in [2.05, 4.69) is 16.0 Å². The molecule has 0 aliphatic carbocycles. The van der Waals surface area contributed by atoms with Crippen LogP contribution in [0.5, 0.6) is 0 Å². The summed E-state index contributed by atoms with van der Waals surface area (Å²) in [7, 11) is 0. The molecule has 0 aliphatic rings. The van der Waals surface area contributed by atoms with Gasteiger partial charge in [0.15, 0.2) is 0 Å². The van der Waals surface area contributed by atoms with Gasteiger partial charge < -0.3 is 9.88 Å². The van der Waals surface area contributed by atoms with Gasteiger partial charge in [-0.2, -0.15) is 10.5 Å². The largest absolute Gasteiger partial charge is 0.340 e. The molecule has 0 unspecified atom stereocenters. The Morgan fingerprint density at radius 3 is 2.48 bits per heavy atom. The van der Waals surface area contributed by atoms with E-state index in [1.54, 1.807) is 12.1 Å². The van der Waals surface area contributed by atoms with Crippen LogP contribution >= 0.6 is 0 Å². The first-order valence-corrected chi connectivity index (χ1v) is 10.3. The number of anilines is 1. The molecule has 3 aromatic carbocycles. The topological polar surface area (TPSA) is 81.6 Å². The summed E-state index contributed by atoms with van der Waals surface area (Å²) in [6, 6.07) is 25.0. The third-order valence-corrected chi connectivity index (χ3v) is 5.52. The van der Waals surface area contributed by atoms with E-state index >= 15 is 0 Å². The van der Waals surface area contributed by atoms with Gasteiger partial charge in [-0.15, -0.1) is 0 Å². The van der Waals surface area contributed by atoms with Crippen molar-refractivity contribution in [1.82, 2.24) is 4.57 Å². The fourth-order valence-corrected chi connectivity index (χ4v) is 3.83. The van der Waals surface area contributed by atoms with Crippen LogP contribution in [0.2, 0.25) is 0 Å². The number of para-hydroxylation sites is 2. The van der Waals surface area contributed by atoms with Gasteiger partial charge in [0.2, 0.25) is 0 Å². The number of benzene rings is 3. The summed E-state index contributed by atoms with van der Waals surface area (Å²) < 4.78 is 16.0. The number of halogens is 1. The standard InChI is InChI=1S/C27H19FN4O/c1-18-23(14-21(16-30)27(33)31-25-12-6-5-11-24(25)28)22-10-4-7-13-26(22)32(18)17-20-9-3-2-8-19(20)15-29/h2-14H,17H2,1H3,(H,31,33)/b21-14-. The maximum Gasteiger partial charge on any atom is 0.266 e. The quantitative estimate of drug-likeness (QED) is 0.330. The van der Waals surface area contributed by atoms with Gasteiger partial charge in [0.25, 0.3) is 5.91 Å². The molecule has 1 aromatic heterocycles. The Kier molecular flexibility index (Phi) is 6.02. The highest BCUT2D eigenvalue weighted by Gasteiger charge is 2.17. The zero-order valence-electron chi connectivity index (χ0n) is 17.8. The molecule has 1 amide bonds. The highest BCUT2D eigenvalue weighted by atomic mass is 19.1. The molecule has 33 heavy (non-hydrogen) atoms. The van der Waals surface area contributed by atoms with E-state index in [0.29, 0.717) is 12.1 Å². The van der Waals surface area contributed by atoms with Crippen LogP contribution in [0.3, 0.4) is 0 Å². The summed E-state index contributed by atoms with van der Waals surface area (Å²) in [5.74, 6) is -1.26. The number of rotatable bonds is 5. The van der Waals surface area contributed by atoms with E-state index in [0.717, 1.165) is 27.7 Å². The Hall–Kier alpha value is -4.68. The van der Waals surface area contributed by atoms with Gasteiger partial charge >= 0.3 is 0 Å². The molecule has 4 rings (SSSR count). The second-order valence-corrected chi connectivity index (χ2v) is 7.48. The molecule has 1 N–H and O–H groups in total. The Morgan fingerprint density at radius 2 is 1.73 bits per heavy atom. The third-order valence-electron chi connectivity index (χ3n) is 5.52. The minimum Gasteiger partial charge on any atom is -0.340 e. The number of carbonyl (C=O) groups is 1. The van der Waals surface area contributed by atoms with Crippen LogP contribution < -0.4 is 5.32 Å². The number of fused-ring (bicyclic) bond motifs is 1. The lowest BCUT2D eigenvalue weighted by molar-refractivity contribution is -0.112. The fourth-order valence-electron chi connectivity index (χ4n) is 3.83. The minimum absolute atomic E-state index is 0.0101. The number of nitrogens with one attached hydrogen (secondary N) is 1. The monoisotopic (exact) mass is 434 g/mol. The number of hydrogen-bond donors (Lipinski definition) is 1. The lowest BCUT2D eigenvalue weighted by atomic mass is 10.1. The Bertz CT molecular complexity index is 1480. The Morgan fingerprint density at radius 1 is 1.03 bits per heavy atom. The first-order chi connectivity index (χ1) is 16.0. The number of aromatic nitrogens is 1. The zero-order chi connectivity index (χ0) is 23.4. The van der Waals surface area contributed by atoms with Crippen molar-refractivity contribution in [3.05, 3.63) is 107 Å². The van der Waals surface area contributed by atoms with E-state index in [1.165, 1.54) is 24.3 Å². The SMILES string of the molecule is Cc1c(/C=C(/C#N)C(=O)Nc2ccccc2F)c2ccccc2n1Cc1ccccc1C#N. The lowest BCUT2D eigenvalue weighted by Gasteiger charge is -2.10. The number of nitrogens with zero attached hydrogens (tertiary/aromatic N) is 3. The lowest BCUT2D eigenvalue weighted by Crippen LogP contribution is -2.14. The van der Waals surface area contributed by atoms with Gasteiger partial charge in [-0.1, -0.05) is 48.5 Å². The molecule has 0 spiro atoms. The van der Waals surface area contributed by atoms with Gasteiger partial charge in [-0.05, 0) is 42.8 Å². The third kappa shape index (κ3) is 4.23. The molecule has 0 bridgehead atoms. The molecule has 1 heterocycles. The number of nitriles is 2. The van der Waals surface area contributed by atoms with E-state index in [4.69, 9.17) is 0 Å². The fraction of sp³-hybridized carbons (Fsp3) is 0.0741. The predicted molar refractivity (Wildman–Crippen MR) is 126 cm³/mol. The molecule has 0 atom stereocenters. The highest BCUT2D eigenvalue weighted by molar-refractivity contribution is 6.11. The molecule has 160 valence electrons. The maximum absolute atomic E-state index is 13.9. The smallest absolute Gasteiger partial charge is 0.266 e. The molecular formula is C27H19FN4O. The van der Waals surface area contributed by atoms with Crippen molar-refractivity contribution < 1.29 is 9.18 Å². The van der Waals surface area contributed by atoms with Gasteiger partial charge in [0, 0.05) is 28.7 Å². The summed E-state index contributed by atoms with van der Waals surface area (Å²) >= 11 is 0. The van der Waals surface area contributed by atoms with Crippen LogP contribution in [0.25, 0.3) is 17.0 Å². The molecule has 6 heteroatoms. The van der Waals surface area contributed by atoms with Crippen molar-refractivity contribution >= 4 is 28.6 Å². The molecule has 5 nitrogen and oxygen atoms in total. The van der Waals surface area contributed by atoms with Crippen molar-refractivity contribution in [3.8, 4) is 12.1 Å². The van der Waals surface area contributed by atoms with Crippen molar-refractivity contribution in [2.45, 2.75) is 13.5 Å². The second-order valence-electron chi connectivity index (χ2n) is 7.48. The molecule has 0 fully saturated rings. The highest BCUT2D eigenvalue weighted by Crippen LogP contribution is 2.29. The zero-order valence-corrected chi connectivity index (χ0v) is 17.8. The van der Waals surface area contributed by atoms with Crippen LogP contribution in [-0.4, -0.2) is 10.5 Å². The summed E-state index contributed by atoms with van der Waals surface area (Å²) in [6.07, 6.45) is 1.53. The predicted octanol–water partition coefficient (Wildman–Crippen LogP) is 5.55. The van der Waals surface area contributed by atoms with Crippen LogP contribution in [0.4, 0.5) is 10.1 Å². The molecule has 0 saturated heterocycles. The summed E-state index contributed by atoms with van der Waals surface area (Å²) in [5.41, 5.74) is 3.82. The van der Waals surface area contributed by atoms with E-state index in [-0.39, 0.29) is 11.3 Å². The van der Waals surface area contributed by atoms with E-state index in [1.807, 2.05) is 55.5 Å². The first-order valence-electron chi connectivity index (χ1n) is 10.3. The summed E-state index contributed by atoms with van der Waals surface area (Å²) in [4.78, 5) is 12.7. The van der Waals surface area contributed by atoms with Crippen LogP contribution in [0.15, 0.2) is 78.4 Å². The Labute approximate surface area is 190 Å². The molecule has 0 radical (unpaired) electrons. The van der Waals surface area contributed by atoms with Gasteiger partial charge in [0.1, 0.15) is 17.5 Å². The average molecular weight is 434 g/mol. The van der Waals surface area contributed by atoms with Crippen LogP contribution in [0.1, 0.15) is 22.4 Å². The number of hydrogen-bond acceptors (Lipinski definition) is 3. The van der Waals surface area contributed by atoms with Crippen LogP contribution in [-0.2, 0) is 11.3 Å². The maximum atomic E-state index is 13.9.